The molecule has 28 heavy (non-hydrogen) atoms. The van der Waals surface area contributed by atoms with Gasteiger partial charge in [0.25, 0.3) is 11.5 Å². The minimum Gasteiger partial charge on any atom is -0.273 e. The monoisotopic (exact) mass is 398 g/mol. The average Bonchev–Trinajstić information content (AvgIpc) is 2.70. The molecule has 2 amide bonds. The summed E-state index contributed by atoms with van der Waals surface area (Å²) < 4.78 is 1.27. The van der Waals surface area contributed by atoms with Crippen LogP contribution in [0.4, 0.5) is 0 Å². The van der Waals surface area contributed by atoms with Crippen molar-refractivity contribution in [1.82, 2.24) is 20.6 Å². The van der Waals surface area contributed by atoms with Crippen LogP contribution in [0.5, 0.6) is 0 Å². The zero-order chi connectivity index (χ0) is 20.1. The summed E-state index contributed by atoms with van der Waals surface area (Å²) in [6.45, 7) is 2.31. The lowest BCUT2D eigenvalue weighted by atomic mass is 10.1. The van der Waals surface area contributed by atoms with Gasteiger partial charge in [-0.25, -0.2) is 4.68 Å². The van der Waals surface area contributed by atoms with Gasteiger partial charge >= 0.3 is 0 Å². The second-order valence-electron chi connectivity index (χ2n) is 6.19. The molecular formula is C20H19ClN4O3. The highest BCUT2D eigenvalue weighted by atomic mass is 35.5. The van der Waals surface area contributed by atoms with Crippen molar-refractivity contribution in [2.75, 3.05) is 0 Å². The third kappa shape index (κ3) is 4.20. The van der Waals surface area contributed by atoms with E-state index in [4.69, 9.17) is 11.6 Å². The molecule has 0 fully saturated rings. The first-order valence-corrected chi connectivity index (χ1v) is 9.21. The lowest BCUT2D eigenvalue weighted by Crippen LogP contribution is -2.43. The molecule has 3 rings (SSSR count). The van der Waals surface area contributed by atoms with E-state index in [1.54, 1.807) is 48.5 Å². The van der Waals surface area contributed by atoms with E-state index >= 15 is 0 Å². The van der Waals surface area contributed by atoms with Crippen LogP contribution in [0.2, 0.25) is 5.02 Å². The summed E-state index contributed by atoms with van der Waals surface area (Å²) in [6.07, 6.45) is 0.713. The molecule has 0 aliphatic carbocycles. The second kappa shape index (κ2) is 8.67. The fourth-order valence-electron chi connectivity index (χ4n) is 2.81. The highest BCUT2D eigenvalue weighted by Crippen LogP contribution is 2.15. The lowest BCUT2D eigenvalue weighted by molar-refractivity contribution is -0.121. The Morgan fingerprint density at radius 1 is 1.04 bits per heavy atom. The van der Waals surface area contributed by atoms with E-state index in [1.165, 1.54) is 4.68 Å². The summed E-state index contributed by atoms with van der Waals surface area (Å²) >= 11 is 6.04. The SMILES string of the molecule is CCCn1nc(C(=O)NNC(=O)Cc2ccccc2Cl)c2ccccc2c1=O. The molecule has 0 saturated carbocycles. The third-order valence-corrected chi connectivity index (χ3v) is 4.51. The Balaban J connectivity index is 1.80. The van der Waals surface area contributed by atoms with E-state index in [0.29, 0.717) is 34.3 Å². The number of halogens is 1. The van der Waals surface area contributed by atoms with Gasteiger partial charge in [-0.2, -0.15) is 5.10 Å². The molecule has 0 unspecified atom stereocenters. The van der Waals surface area contributed by atoms with Crippen LogP contribution in [0.3, 0.4) is 0 Å². The van der Waals surface area contributed by atoms with Crippen LogP contribution in [0, 0.1) is 0 Å². The van der Waals surface area contributed by atoms with Gasteiger partial charge in [0.1, 0.15) is 0 Å². The van der Waals surface area contributed by atoms with Crippen LogP contribution >= 0.6 is 11.6 Å². The third-order valence-electron chi connectivity index (χ3n) is 4.14. The Labute approximate surface area is 166 Å². The summed E-state index contributed by atoms with van der Waals surface area (Å²) in [6, 6.07) is 13.7. The molecule has 0 radical (unpaired) electrons. The van der Waals surface area contributed by atoms with Gasteiger partial charge in [-0.05, 0) is 24.1 Å². The van der Waals surface area contributed by atoms with Crippen LogP contribution in [-0.4, -0.2) is 21.6 Å². The minimum atomic E-state index is -0.603. The minimum absolute atomic E-state index is 0.0173. The summed E-state index contributed by atoms with van der Waals surface area (Å²) in [7, 11) is 0. The van der Waals surface area contributed by atoms with Crippen molar-refractivity contribution in [3.63, 3.8) is 0 Å². The number of carbonyl (C=O) groups is 2. The van der Waals surface area contributed by atoms with Crippen molar-refractivity contribution in [3.8, 4) is 0 Å². The molecule has 7 nitrogen and oxygen atoms in total. The number of carbonyl (C=O) groups excluding carboxylic acids is 2. The molecule has 0 saturated heterocycles. The van der Waals surface area contributed by atoms with Crippen molar-refractivity contribution in [2.45, 2.75) is 26.3 Å². The van der Waals surface area contributed by atoms with Gasteiger partial charge in [0, 0.05) is 17.0 Å². The summed E-state index contributed by atoms with van der Waals surface area (Å²) in [5.74, 6) is -1.03. The molecule has 0 bridgehead atoms. The largest absolute Gasteiger partial charge is 0.290 e. The van der Waals surface area contributed by atoms with E-state index in [1.807, 2.05) is 6.92 Å². The molecule has 2 N–H and O–H groups in total. The Morgan fingerprint density at radius 3 is 2.43 bits per heavy atom. The Hall–Kier alpha value is -3.19. The van der Waals surface area contributed by atoms with E-state index in [0.717, 1.165) is 0 Å². The smallest absolute Gasteiger partial charge is 0.273 e. The van der Waals surface area contributed by atoms with Crippen LogP contribution in [0.25, 0.3) is 10.8 Å². The highest BCUT2D eigenvalue weighted by Gasteiger charge is 2.17. The topological polar surface area (TPSA) is 93.1 Å². The van der Waals surface area contributed by atoms with Crippen molar-refractivity contribution < 1.29 is 9.59 Å². The van der Waals surface area contributed by atoms with Crippen LogP contribution in [0.1, 0.15) is 29.4 Å². The number of hydrogen-bond acceptors (Lipinski definition) is 4. The molecule has 2 aromatic carbocycles. The number of benzene rings is 2. The van der Waals surface area contributed by atoms with Crippen LogP contribution in [0.15, 0.2) is 53.3 Å². The molecule has 0 spiro atoms. The zero-order valence-electron chi connectivity index (χ0n) is 15.2. The number of nitrogens with one attached hydrogen (secondary N) is 2. The molecule has 1 heterocycles. The maximum absolute atomic E-state index is 12.6. The van der Waals surface area contributed by atoms with Gasteiger partial charge < -0.3 is 0 Å². The number of fused-ring (bicyclic) bond motifs is 1. The Morgan fingerprint density at radius 2 is 1.71 bits per heavy atom. The van der Waals surface area contributed by atoms with Gasteiger partial charge in [-0.15, -0.1) is 0 Å². The number of aryl methyl sites for hydroxylation is 1. The number of aromatic nitrogens is 2. The van der Waals surface area contributed by atoms with E-state index in [9.17, 15) is 14.4 Å². The van der Waals surface area contributed by atoms with Crippen molar-refractivity contribution in [1.29, 1.82) is 0 Å². The number of amides is 2. The van der Waals surface area contributed by atoms with Crippen LogP contribution < -0.4 is 16.4 Å². The summed E-state index contributed by atoms with van der Waals surface area (Å²) in [5, 5.41) is 5.49. The average molecular weight is 399 g/mol. The number of hydrogen-bond donors (Lipinski definition) is 2. The van der Waals surface area contributed by atoms with E-state index in [2.05, 4.69) is 16.0 Å². The molecule has 0 atom stereocenters. The summed E-state index contributed by atoms with van der Waals surface area (Å²) in [4.78, 5) is 37.2. The first-order valence-electron chi connectivity index (χ1n) is 8.83. The molecule has 8 heteroatoms. The maximum atomic E-state index is 12.6. The molecule has 1 aromatic heterocycles. The van der Waals surface area contributed by atoms with Gasteiger partial charge in [-0.3, -0.25) is 25.2 Å². The highest BCUT2D eigenvalue weighted by molar-refractivity contribution is 6.31. The maximum Gasteiger partial charge on any atom is 0.290 e. The predicted molar refractivity (Wildman–Crippen MR) is 107 cm³/mol. The quantitative estimate of drug-likeness (QED) is 0.645. The molecular weight excluding hydrogens is 380 g/mol. The standard InChI is InChI=1S/C20H19ClN4O3/c1-2-11-25-20(28)15-9-5-4-8-14(15)18(24-25)19(27)23-22-17(26)12-13-7-3-6-10-16(13)21/h3-10H,2,11-12H2,1H3,(H,22,26)(H,23,27). The second-order valence-corrected chi connectivity index (χ2v) is 6.60. The number of hydrazine groups is 1. The Kier molecular flexibility index (Phi) is 6.06. The normalized spacial score (nSPS) is 10.6. The first kappa shape index (κ1) is 19.6. The van der Waals surface area contributed by atoms with Gasteiger partial charge in [-0.1, -0.05) is 54.9 Å². The first-order chi connectivity index (χ1) is 13.5. The van der Waals surface area contributed by atoms with Gasteiger partial charge in [0.15, 0.2) is 5.69 Å². The lowest BCUT2D eigenvalue weighted by Gasteiger charge is -2.11. The van der Waals surface area contributed by atoms with Gasteiger partial charge in [0.2, 0.25) is 5.91 Å². The van der Waals surface area contributed by atoms with Crippen molar-refractivity contribution >= 4 is 34.2 Å². The van der Waals surface area contributed by atoms with Crippen LogP contribution in [-0.2, 0) is 17.8 Å². The molecule has 0 aliphatic heterocycles. The summed E-state index contributed by atoms with van der Waals surface area (Å²) in [5.41, 5.74) is 5.19. The molecule has 144 valence electrons. The van der Waals surface area contributed by atoms with Crippen molar-refractivity contribution in [2.24, 2.45) is 0 Å². The van der Waals surface area contributed by atoms with E-state index in [-0.39, 0.29) is 17.7 Å². The zero-order valence-corrected chi connectivity index (χ0v) is 16.0. The van der Waals surface area contributed by atoms with Gasteiger partial charge in [0.05, 0.1) is 11.8 Å². The molecule has 3 aromatic rings. The molecule has 0 aliphatic rings. The van der Waals surface area contributed by atoms with Crippen molar-refractivity contribution in [3.05, 3.63) is 75.2 Å². The van der Waals surface area contributed by atoms with E-state index < -0.39 is 11.8 Å². The number of rotatable bonds is 5. The predicted octanol–water partition coefficient (Wildman–Crippen LogP) is 2.46. The fraction of sp³-hybridized carbons (Fsp3) is 0.200. The number of nitrogens with zero attached hydrogens (tertiary/aromatic N) is 2. The fourth-order valence-corrected chi connectivity index (χ4v) is 3.01. The Bertz CT molecular complexity index is 1090.